The number of imidazole rings is 1. The molecule has 0 bridgehead atoms. The lowest BCUT2D eigenvalue weighted by molar-refractivity contribution is -0.125. The van der Waals surface area contributed by atoms with Crippen molar-refractivity contribution in [2.24, 2.45) is 11.7 Å². The molecule has 0 saturated heterocycles. The lowest BCUT2D eigenvalue weighted by atomic mass is 9.86. The van der Waals surface area contributed by atoms with Gasteiger partial charge in [0.05, 0.1) is 18.8 Å². The second-order valence-corrected chi connectivity index (χ2v) is 7.45. The Morgan fingerprint density at radius 1 is 1.23 bits per heavy atom. The van der Waals surface area contributed by atoms with Crippen LogP contribution in [0.25, 0.3) is 17.0 Å². The molecule has 12 heteroatoms. The minimum absolute atomic E-state index is 0.00200. The van der Waals surface area contributed by atoms with Crippen molar-refractivity contribution >= 4 is 16.9 Å². The first-order valence-corrected chi connectivity index (χ1v) is 9.62. The van der Waals surface area contributed by atoms with E-state index in [4.69, 9.17) is 5.73 Å². The molecule has 1 fully saturated rings. The van der Waals surface area contributed by atoms with Gasteiger partial charge in [0.25, 0.3) is 5.91 Å². The summed E-state index contributed by atoms with van der Waals surface area (Å²) in [5.74, 6) is -0.242. The molecular formula is C18H21F3N8O. The summed E-state index contributed by atoms with van der Waals surface area (Å²) in [7, 11) is 0. The smallest absolute Gasteiger partial charge is 0.364 e. The molecule has 3 heterocycles. The molecule has 4 rings (SSSR count). The number of hydrogen-bond acceptors (Lipinski definition) is 6. The highest BCUT2D eigenvalue weighted by Gasteiger charge is 2.29. The number of alkyl halides is 3. The largest absolute Gasteiger partial charge is 0.401 e. The Labute approximate surface area is 169 Å². The Hall–Kier alpha value is -3.02. The van der Waals surface area contributed by atoms with Crippen LogP contribution in [-0.4, -0.2) is 54.5 Å². The summed E-state index contributed by atoms with van der Waals surface area (Å²) >= 11 is 0. The molecule has 3 aromatic heterocycles. The number of fused-ring (bicyclic) bond motifs is 1. The van der Waals surface area contributed by atoms with Crippen molar-refractivity contribution in [1.29, 1.82) is 0 Å². The second-order valence-electron chi connectivity index (χ2n) is 7.45. The summed E-state index contributed by atoms with van der Waals surface area (Å²) in [5, 5.41) is 6.90. The maximum Gasteiger partial charge on any atom is 0.401 e. The molecule has 0 radical (unpaired) electrons. The number of primary amides is 1. The van der Waals surface area contributed by atoms with Gasteiger partial charge in [-0.15, -0.1) is 0 Å². The van der Waals surface area contributed by atoms with Crippen molar-refractivity contribution in [2.45, 2.75) is 37.9 Å². The Balaban J connectivity index is 1.52. The van der Waals surface area contributed by atoms with Crippen molar-refractivity contribution in [3.63, 3.8) is 0 Å². The molecule has 3 N–H and O–H groups in total. The summed E-state index contributed by atoms with van der Waals surface area (Å²) in [6, 6.07) is 0.00200. The Bertz CT molecular complexity index is 1020. The van der Waals surface area contributed by atoms with Crippen LogP contribution in [0.3, 0.4) is 0 Å². The average Bonchev–Trinajstić information content (AvgIpc) is 3.37. The third-order valence-corrected chi connectivity index (χ3v) is 5.32. The SMILES string of the molecule is NC(=O)c1nc(-n2ccnc2)nc2cnn(C3CCC(CNCC(F)(F)F)CC3)c12. The van der Waals surface area contributed by atoms with Gasteiger partial charge in [0.15, 0.2) is 5.69 Å². The average molecular weight is 422 g/mol. The summed E-state index contributed by atoms with van der Waals surface area (Å²) in [5.41, 5.74) is 6.63. The van der Waals surface area contributed by atoms with E-state index < -0.39 is 18.6 Å². The highest BCUT2D eigenvalue weighted by molar-refractivity contribution is 6.02. The first-order chi connectivity index (χ1) is 14.3. The number of amides is 1. The molecule has 3 aromatic rings. The van der Waals surface area contributed by atoms with Crippen LogP contribution in [0.1, 0.15) is 42.2 Å². The Kier molecular flexibility index (Phi) is 5.41. The fourth-order valence-corrected chi connectivity index (χ4v) is 3.90. The van der Waals surface area contributed by atoms with Crippen LogP contribution in [0.15, 0.2) is 24.9 Å². The molecule has 1 saturated carbocycles. The van der Waals surface area contributed by atoms with Gasteiger partial charge in [0, 0.05) is 12.4 Å². The fraction of sp³-hybridized carbons (Fsp3) is 0.500. The lowest BCUT2D eigenvalue weighted by Crippen LogP contribution is -2.34. The van der Waals surface area contributed by atoms with E-state index >= 15 is 0 Å². The third-order valence-electron chi connectivity index (χ3n) is 5.32. The minimum atomic E-state index is -4.20. The number of carbonyl (C=O) groups excluding carboxylic acids is 1. The standard InChI is InChI=1S/C18H21F3N8O/c19-18(20,21)9-24-7-11-1-3-12(4-2-11)29-15-13(8-25-29)26-17(27-14(15)16(22)30)28-6-5-23-10-28/h5-6,8,10-12,24H,1-4,7,9H2,(H2,22,30). The quantitative estimate of drug-likeness (QED) is 0.628. The Morgan fingerprint density at radius 3 is 2.63 bits per heavy atom. The molecule has 0 aromatic carbocycles. The van der Waals surface area contributed by atoms with Gasteiger partial charge in [0.2, 0.25) is 5.95 Å². The third kappa shape index (κ3) is 4.27. The van der Waals surface area contributed by atoms with Crippen molar-refractivity contribution in [1.82, 2.24) is 34.6 Å². The predicted molar refractivity (Wildman–Crippen MR) is 101 cm³/mol. The number of hydrogen-bond donors (Lipinski definition) is 2. The fourth-order valence-electron chi connectivity index (χ4n) is 3.90. The van der Waals surface area contributed by atoms with E-state index in [-0.39, 0.29) is 23.6 Å². The first kappa shape index (κ1) is 20.3. The van der Waals surface area contributed by atoms with Gasteiger partial charge in [-0.1, -0.05) is 0 Å². The zero-order valence-corrected chi connectivity index (χ0v) is 16.0. The molecule has 1 amide bonds. The molecule has 1 aliphatic carbocycles. The molecule has 0 spiro atoms. The van der Waals surface area contributed by atoms with Gasteiger partial charge in [-0.05, 0) is 38.1 Å². The molecule has 0 atom stereocenters. The lowest BCUT2D eigenvalue weighted by Gasteiger charge is -2.29. The number of nitrogens with one attached hydrogen (secondary N) is 1. The monoisotopic (exact) mass is 422 g/mol. The van der Waals surface area contributed by atoms with E-state index in [1.165, 1.54) is 6.33 Å². The topological polar surface area (TPSA) is 117 Å². The van der Waals surface area contributed by atoms with E-state index in [0.717, 1.165) is 25.7 Å². The van der Waals surface area contributed by atoms with Crippen molar-refractivity contribution < 1.29 is 18.0 Å². The van der Waals surface area contributed by atoms with E-state index in [1.807, 2.05) is 0 Å². The maximum absolute atomic E-state index is 12.3. The molecule has 0 aliphatic heterocycles. The van der Waals surface area contributed by atoms with Gasteiger partial charge in [-0.25, -0.2) is 15.0 Å². The zero-order valence-electron chi connectivity index (χ0n) is 16.0. The van der Waals surface area contributed by atoms with Gasteiger partial charge < -0.3 is 11.1 Å². The first-order valence-electron chi connectivity index (χ1n) is 9.62. The van der Waals surface area contributed by atoms with Crippen LogP contribution in [0, 0.1) is 5.92 Å². The molecule has 0 unspecified atom stereocenters. The number of carbonyl (C=O) groups is 1. The Morgan fingerprint density at radius 2 is 2.00 bits per heavy atom. The van der Waals surface area contributed by atoms with Gasteiger partial charge in [0.1, 0.15) is 17.4 Å². The van der Waals surface area contributed by atoms with Crippen LogP contribution in [0.4, 0.5) is 13.2 Å². The highest BCUT2D eigenvalue weighted by atomic mass is 19.4. The van der Waals surface area contributed by atoms with Gasteiger partial charge in [-0.3, -0.25) is 14.0 Å². The van der Waals surface area contributed by atoms with Crippen molar-refractivity contribution in [3.8, 4) is 5.95 Å². The predicted octanol–water partition coefficient (Wildman–Crippen LogP) is 1.99. The second kappa shape index (κ2) is 8.01. The molecule has 160 valence electrons. The van der Waals surface area contributed by atoms with E-state index in [2.05, 4.69) is 25.4 Å². The van der Waals surface area contributed by atoms with Crippen molar-refractivity contribution in [2.75, 3.05) is 13.1 Å². The van der Waals surface area contributed by atoms with Crippen LogP contribution in [0.2, 0.25) is 0 Å². The van der Waals surface area contributed by atoms with Crippen molar-refractivity contribution in [3.05, 3.63) is 30.6 Å². The van der Waals surface area contributed by atoms with E-state index in [1.54, 1.807) is 27.8 Å². The number of nitrogens with zero attached hydrogens (tertiary/aromatic N) is 6. The normalized spacial score (nSPS) is 20.0. The number of rotatable bonds is 6. The van der Waals surface area contributed by atoms with Crippen LogP contribution in [0.5, 0.6) is 0 Å². The molecule has 30 heavy (non-hydrogen) atoms. The van der Waals surface area contributed by atoms with Gasteiger partial charge in [-0.2, -0.15) is 18.3 Å². The number of nitrogens with two attached hydrogens (primary N) is 1. The zero-order chi connectivity index (χ0) is 21.3. The van der Waals surface area contributed by atoms with Crippen LogP contribution >= 0.6 is 0 Å². The van der Waals surface area contributed by atoms with Crippen LogP contribution in [-0.2, 0) is 0 Å². The molecular weight excluding hydrogens is 401 g/mol. The number of halogens is 3. The van der Waals surface area contributed by atoms with E-state index in [0.29, 0.717) is 17.6 Å². The molecule has 1 aliphatic rings. The summed E-state index contributed by atoms with van der Waals surface area (Å²) < 4.78 is 40.2. The summed E-state index contributed by atoms with van der Waals surface area (Å²) in [6.07, 6.45) is 5.10. The van der Waals surface area contributed by atoms with E-state index in [9.17, 15) is 18.0 Å². The van der Waals surface area contributed by atoms with Gasteiger partial charge >= 0.3 is 6.18 Å². The van der Waals surface area contributed by atoms with Crippen LogP contribution < -0.4 is 11.1 Å². The number of aromatic nitrogens is 6. The molecule has 9 nitrogen and oxygen atoms in total. The highest BCUT2D eigenvalue weighted by Crippen LogP contribution is 2.34. The maximum atomic E-state index is 12.3. The summed E-state index contributed by atoms with van der Waals surface area (Å²) in [6.45, 7) is -0.648. The minimum Gasteiger partial charge on any atom is -0.364 e. The summed E-state index contributed by atoms with van der Waals surface area (Å²) in [4.78, 5) is 24.8.